The molecule has 3 heteroatoms. The van der Waals surface area contributed by atoms with E-state index in [0.717, 1.165) is 12.8 Å². The molecule has 0 spiro atoms. The smallest absolute Gasteiger partial charge is 1.00 e. The monoisotopic (exact) mass is 594 g/mol. The molecule has 0 saturated heterocycles. The van der Waals surface area contributed by atoms with Crippen molar-refractivity contribution in [3.63, 3.8) is 0 Å². The summed E-state index contributed by atoms with van der Waals surface area (Å²) in [4.78, 5) is 0. The topological polar surface area (TPSA) is 0 Å². The van der Waals surface area contributed by atoms with Crippen LogP contribution in [0.4, 0.5) is 0 Å². The van der Waals surface area contributed by atoms with E-state index in [1.165, 1.54) is 44.5 Å². The van der Waals surface area contributed by atoms with Gasteiger partial charge in [-0.3, -0.25) is 0 Å². The summed E-state index contributed by atoms with van der Waals surface area (Å²) in [7, 11) is 0. The molecule has 0 N–H and O–H groups in total. The Hall–Kier alpha value is -2.70. The molecule has 0 amide bonds. The third-order valence-electron chi connectivity index (χ3n) is 6.72. The van der Waals surface area contributed by atoms with E-state index in [9.17, 15) is 0 Å². The minimum absolute atomic E-state index is 0. The molecule has 0 aliphatic heterocycles. The van der Waals surface area contributed by atoms with Crippen LogP contribution >= 0.6 is 0 Å². The van der Waals surface area contributed by atoms with Gasteiger partial charge in [-0.1, -0.05) is 0 Å². The SMILES string of the molecule is C1=[C]([Zr+2][C]2=Cc3ccccc3C2=CCc2ccccc2)C(=CCc2ccccc2)c2ccccc21.[Cl-].[Cl-]. The van der Waals surface area contributed by atoms with Gasteiger partial charge in [-0.15, -0.1) is 0 Å². The summed E-state index contributed by atoms with van der Waals surface area (Å²) in [6.07, 6.45) is 11.8. The second kappa shape index (κ2) is 12.7. The zero-order chi connectivity index (χ0) is 23.5. The molecule has 0 unspecified atom stereocenters. The summed E-state index contributed by atoms with van der Waals surface area (Å²) in [6, 6.07) is 39.4. The van der Waals surface area contributed by atoms with Crippen LogP contribution < -0.4 is 24.8 Å². The van der Waals surface area contributed by atoms with Crippen LogP contribution in [-0.4, -0.2) is 0 Å². The number of hydrogen-bond acceptors (Lipinski definition) is 0. The fourth-order valence-corrected chi connectivity index (χ4v) is 8.61. The van der Waals surface area contributed by atoms with Crippen LogP contribution in [-0.2, 0) is 36.1 Å². The molecule has 2 aliphatic carbocycles. The van der Waals surface area contributed by atoms with Crippen LogP contribution in [0.3, 0.4) is 0 Å². The van der Waals surface area contributed by atoms with Gasteiger partial charge in [0.1, 0.15) is 0 Å². The van der Waals surface area contributed by atoms with E-state index in [1.54, 1.807) is 6.56 Å². The van der Waals surface area contributed by atoms with E-state index < -0.39 is 23.2 Å². The first-order valence-electron chi connectivity index (χ1n) is 12.2. The second-order valence-electron chi connectivity index (χ2n) is 9.03. The third-order valence-corrected chi connectivity index (χ3v) is 10.1. The molecule has 0 bridgehead atoms. The zero-order valence-electron chi connectivity index (χ0n) is 20.4. The normalized spacial score (nSPS) is 15.1. The average Bonchev–Trinajstić information content (AvgIpc) is 3.44. The minimum atomic E-state index is -1.03. The molecule has 4 aromatic rings. The summed E-state index contributed by atoms with van der Waals surface area (Å²) in [5.74, 6) is 0. The van der Waals surface area contributed by atoms with Crippen molar-refractivity contribution in [1.29, 1.82) is 0 Å². The van der Waals surface area contributed by atoms with Gasteiger partial charge in [0.05, 0.1) is 0 Å². The van der Waals surface area contributed by atoms with E-state index >= 15 is 0 Å². The molecule has 4 aromatic carbocycles. The Labute approximate surface area is 243 Å². The molecule has 0 aromatic heterocycles. The van der Waals surface area contributed by atoms with Gasteiger partial charge in [-0.25, -0.2) is 0 Å². The number of fused-ring (bicyclic) bond motifs is 2. The average molecular weight is 597 g/mol. The third kappa shape index (κ3) is 6.07. The Morgan fingerprint density at radius 2 is 0.838 bits per heavy atom. The van der Waals surface area contributed by atoms with Gasteiger partial charge in [0.2, 0.25) is 0 Å². The van der Waals surface area contributed by atoms with Crippen LogP contribution in [0.15, 0.2) is 128 Å². The maximum absolute atomic E-state index is 2.47. The number of halogens is 2. The molecule has 0 saturated carbocycles. The van der Waals surface area contributed by atoms with Crippen molar-refractivity contribution < 1.29 is 48.0 Å². The zero-order valence-corrected chi connectivity index (χ0v) is 24.3. The van der Waals surface area contributed by atoms with E-state index in [4.69, 9.17) is 0 Å². The van der Waals surface area contributed by atoms with E-state index in [-0.39, 0.29) is 24.8 Å². The first-order valence-corrected chi connectivity index (χ1v) is 14.7. The molecule has 0 fully saturated rings. The largest absolute Gasteiger partial charge is 1.00 e. The minimum Gasteiger partial charge on any atom is -1.00 e. The van der Waals surface area contributed by atoms with Gasteiger partial charge in [-0.05, 0) is 0 Å². The number of allylic oxidation sites excluding steroid dienone is 6. The van der Waals surface area contributed by atoms with Crippen molar-refractivity contribution >= 4 is 23.3 Å². The summed E-state index contributed by atoms with van der Waals surface area (Å²) in [6.45, 7) is 0. The molecular weight excluding hydrogens is 571 g/mol. The van der Waals surface area contributed by atoms with Crippen molar-refractivity contribution in [2.75, 3.05) is 0 Å². The first kappa shape index (κ1) is 27.3. The molecule has 0 atom stereocenters. The van der Waals surface area contributed by atoms with Gasteiger partial charge in [0, 0.05) is 0 Å². The van der Waals surface area contributed by atoms with Crippen molar-refractivity contribution in [3.05, 3.63) is 161 Å². The van der Waals surface area contributed by atoms with Gasteiger partial charge < -0.3 is 24.8 Å². The summed E-state index contributed by atoms with van der Waals surface area (Å²) in [5.41, 5.74) is 11.2. The van der Waals surface area contributed by atoms with Crippen molar-refractivity contribution in [2.45, 2.75) is 12.8 Å². The predicted octanol–water partition coefficient (Wildman–Crippen LogP) is 2.44. The number of rotatable bonds is 6. The van der Waals surface area contributed by atoms with E-state index in [0.29, 0.717) is 0 Å². The fraction of sp³-hybridized carbons (Fsp3) is 0.0588. The van der Waals surface area contributed by atoms with Crippen LogP contribution in [0.5, 0.6) is 0 Å². The number of benzene rings is 4. The standard InChI is InChI=1S/2C17H13.2ClH.Zr/c2*1-2-6-14(7-3-1)10-11-16-13-12-15-8-4-5-9-17(15)16;;;/h2*1-9,11-12H,10H2;2*1H;/q;;;;+2/p-2. The Balaban J connectivity index is 0.00000160. The Bertz CT molecular complexity index is 1380. The van der Waals surface area contributed by atoms with Crippen LogP contribution in [0, 0.1) is 0 Å². The van der Waals surface area contributed by atoms with Gasteiger partial charge >= 0.3 is 221 Å². The van der Waals surface area contributed by atoms with Crippen LogP contribution in [0.2, 0.25) is 0 Å². The summed E-state index contributed by atoms with van der Waals surface area (Å²) >= 11 is -1.03. The quantitative estimate of drug-likeness (QED) is 0.321. The predicted molar refractivity (Wildman–Crippen MR) is 145 cm³/mol. The second-order valence-corrected chi connectivity index (χ2v) is 12.3. The maximum atomic E-state index is 2.47. The van der Waals surface area contributed by atoms with Gasteiger partial charge in [0.15, 0.2) is 0 Å². The van der Waals surface area contributed by atoms with Crippen LogP contribution in [0.25, 0.3) is 23.3 Å². The molecule has 180 valence electrons. The molecule has 0 nitrogen and oxygen atoms in total. The fourth-order valence-electron chi connectivity index (χ4n) is 4.95. The first-order chi connectivity index (χ1) is 17.3. The Kier molecular flexibility index (Phi) is 9.39. The van der Waals surface area contributed by atoms with E-state index in [2.05, 4.69) is 133 Å². The molecule has 6 rings (SSSR count). The Morgan fingerprint density at radius 3 is 1.27 bits per heavy atom. The maximum Gasteiger partial charge on any atom is -1.00 e. The van der Waals surface area contributed by atoms with Gasteiger partial charge in [0.25, 0.3) is 0 Å². The van der Waals surface area contributed by atoms with E-state index in [1.807, 2.05) is 0 Å². The molecular formula is C34H26Cl2Zr. The van der Waals surface area contributed by atoms with Crippen molar-refractivity contribution in [1.82, 2.24) is 0 Å². The summed E-state index contributed by atoms with van der Waals surface area (Å²) < 4.78 is 3.16. The molecule has 37 heavy (non-hydrogen) atoms. The Morgan fingerprint density at radius 1 is 0.459 bits per heavy atom. The molecule has 0 radical (unpaired) electrons. The molecule has 0 heterocycles. The van der Waals surface area contributed by atoms with Crippen molar-refractivity contribution in [3.8, 4) is 0 Å². The van der Waals surface area contributed by atoms with Crippen molar-refractivity contribution in [2.24, 2.45) is 0 Å². The van der Waals surface area contributed by atoms with Crippen LogP contribution in [0.1, 0.15) is 33.4 Å². The molecule has 2 aliphatic rings. The number of hydrogen-bond donors (Lipinski definition) is 0. The summed E-state index contributed by atoms with van der Waals surface area (Å²) in [5, 5.41) is 0. The van der Waals surface area contributed by atoms with Gasteiger partial charge in [-0.2, -0.15) is 0 Å².